The number of rotatable bonds is 6. The molecule has 0 aliphatic heterocycles. The predicted molar refractivity (Wildman–Crippen MR) is 64.6 cm³/mol. The summed E-state index contributed by atoms with van der Waals surface area (Å²) in [5.41, 5.74) is 0. The molecule has 0 bridgehead atoms. The van der Waals surface area contributed by atoms with Crippen molar-refractivity contribution in [2.75, 3.05) is 13.6 Å². The second-order valence-electron chi connectivity index (χ2n) is 5.09. The molecule has 1 unspecified atom stereocenters. The van der Waals surface area contributed by atoms with E-state index in [2.05, 4.69) is 10.2 Å². The van der Waals surface area contributed by atoms with Crippen molar-refractivity contribution in [3.63, 3.8) is 0 Å². The highest BCUT2D eigenvalue weighted by molar-refractivity contribution is 5.73. The van der Waals surface area contributed by atoms with E-state index in [1.807, 2.05) is 20.9 Å². The fourth-order valence-corrected chi connectivity index (χ4v) is 2.39. The lowest BCUT2D eigenvalue weighted by atomic mass is 10.2. The van der Waals surface area contributed by atoms with Crippen molar-refractivity contribution >= 4 is 5.97 Å². The van der Waals surface area contributed by atoms with Gasteiger partial charge >= 0.3 is 5.97 Å². The highest BCUT2D eigenvalue weighted by Crippen LogP contribution is 2.22. The Balaban J connectivity index is 2.43. The minimum absolute atomic E-state index is 0.207. The second kappa shape index (κ2) is 6.21. The molecule has 0 spiro atoms. The number of hydrogen-bond donors (Lipinski definition) is 2. The molecule has 1 saturated carbocycles. The zero-order chi connectivity index (χ0) is 12.1. The molecule has 1 aliphatic carbocycles. The first-order valence-corrected chi connectivity index (χ1v) is 6.19. The molecule has 4 nitrogen and oxygen atoms in total. The van der Waals surface area contributed by atoms with Crippen LogP contribution < -0.4 is 5.32 Å². The molecular formula is C12H24N2O2. The van der Waals surface area contributed by atoms with Crippen molar-refractivity contribution in [3.8, 4) is 0 Å². The number of hydrogen-bond acceptors (Lipinski definition) is 3. The molecular weight excluding hydrogens is 204 g/mol. The minimum atomic E-state index is -0.751. The largest absolute Gasteiger partial charge is 0.480 e. The first kappa shape index (κ1) is 13.5. The third kappa shape index (κ3) is 4.10. The van der Waals surface area contributed by atoms with E-state index in [9.17, 15) is 4.79 Å². The van der Waals surface area contributed by atoms with Gasteiger partial charge in [0.05, 0.1) is 0 Å². The Morgan fingerprint density at radius 2 is 2.00 bits per heavy atom. The highest BCUT2D eigenvalue weighted by Gasteiger charge is 2.25. The SMILES string of the molecule is CC(C)NC(CN(C)C1CCCC1)C(=O)O. The zero-order valence-electron chi connectivity index (χ0n) is 10.6. The van der Waals surface area contributed by atoms with Crippen LogP contribution in [0, 0.1) is 0 Å². The van der Waals surface area contributed by atoms with Gasteiger partial charge < -0.3 is 15.3 Å². The summed E-state index contributed by atoms with van der Waals surface area (Å²) < 4.78 is 0. The van der Waals surface area contributed by atoms with Gasteiger partial charge in [-0.3, -0.25) is 4.79 Å². The lowest BCUT2D eigenvalue weighted by molar-refractivity contribution is -0.140. The molecule has 4 heteroatoms. The topological polar surface area (TPSA) is 52.6 Å². The number of likely N-dealkylation sites (N-methyl/N-ethyl adjacent to an activating group) is 1. The van der Waals surface area contributed by atoms with E-state index in [-0.39, 0.29) is 6.04 Å². The van der Waals surface area contributed by atoms with Crippen LogP contribution in [0.1, 0.15) is 39.5 Å². The van der Waals surface area contributed by atoms with Crippen LogP contribution in [0.5, 0.6) is 0 Å². The zero-order valence-corrected chi connectivity index (χ0v) is 10.6. The van der Waals surface area contributed by atoms with Crippen molar-refractivity contribution in [3.05, 3.63) is 0 Å². The lowest BCUT2D eigenvalue weighted by Crippen LogP contribution is -2.49. The third-order valence-electron chi connectivity index (χ3n) is 3.25. The standard InChI is InChI=1S/C12H24N2O2/c1-9(2)13-11(12(15)16)8-14(3)10-6-4-5-7-10/h9-11,13H,4-8H2,1-3H3,(H,15,16). The van der Waals surface area contributed by atoms with Gasteiger partial charge in [0.2, 0.25) is 0 Å². The monoisotopic (exact) mass is 228 g/mol. The Hall–Kier alpha value is -0.610. The first-order valence-electron chi connectivity index (χ1n) is 6.19. The maximum absolute atomic E-state index is 11.1. The average molecular weight is 228 g/mol. The van der Waals surface area contributed by atoms with Crippen LogP contribution in [-0.4, -0.2) is 47.7 Å². The summed E-state index contributed by atoms with van der Waals surface area (Å²) >= 11 is 0. The third-order valence-corrected chi connectivity index (χ3v) is 3.25. The van der Waals surface area contributed by atoms with Crippen LogP contribution in [0.15, 0.2) is 0 Å². The molecule has 2 N–H and O–H groups in total. The van der Waals surface area contributed by atoms with E-state index >= 15 is 0 Å². The molecule has 0 aromatic rings. The quantitative estimate of drug-likeness (QED) is 0.720. The molecule has 1 rings (SSSR count). The predicted octanol–water partition coefficient (Wildman–Crippen LogP) is 1.31. The highest BCUT2D eigenvalue weighted by atomic mass is 16.4. The van der Waals surface area contributed by atoms with Gasteiger partial charge in [0.15, 0.2) is 0 Å². The second-order valence-corrected chi connectivity index (χ2v) is 5.09. The number of carboxylic acids is 1. The van der Waals surface area contributed by atoms with E-state index in [1.165, 1.54) is 25.7 Å². The Bertz CT molecular complexity index is 225. The molecule has 0 saturated heterocycles. The van der Waals surface area contributed by atoms with Crippen molar-refractivity contribution in [2.24, 2.45) is 0 Å². The summed E-state index contributed by atoms with van der Waals surface area (Å²) in [5, 5.41) is 12.2. The van der Waals surface area contributed by atoms with E-state index in [4.69, 9.17) is 5.11 Å². The number of aliphatic carboxylic acids is 1. The van der Waals surface area contributed by atoms with E-state index < -0.39 is 12.0 Å². The van der Waals surface area contributed by atoms with Gasteiger partial charge in [0.1, 0.15) is 6.04 Å². The van der Waals surface area contributed by atoms with Crippen LogP contribution >= 0.6 is 0 Å². The van der Waals surface area contributed by atoms with Crippen LogP contribution in [0.2, 0.25) is 0 Å². The molecule has 16 heavy (non-hydrogen) atoms. The maximum atomic E-state index is 11.1. The van der Waals surface area contributed by atoms with Crippen LogP contribution in [0.3, 0.4) is 0 Å². The van der Waals surface area contributed by atoms with Crippen molar-refractivity contribution < 1.29 is 9.90 Å². The van der Waals surface area contributed by atoms with Gasteiger partial charge in [-0.1, -0.05) is 26.7 Å². The fraction of sp³-hybridized carbons (Fsp3) is 0.917. The van der Waals surface area contributed by atoms with Gasteiger partial charge in [-0.25, -0.2) is 0 Å². The molecule has 0 heterocycles. The normalized spacial score (nSPS) is 19.6. The van der Waals surface area contributed by atoms with Crippen molar-refractivity contribution in [1.82, 2.24) is 10.2 Å². The van der Waals surface area contributed by atoms with Crippen LogP contribution in [0.25, 0.3) is 0 Å². The summed E-state index contributed by atoms with van der Waals surface area (Å²) in [6.07, 6.45) is 4.99. The lowest BCUT2D eigenvalue weighted by Gasteiger charge is -2.28. The van der Waals surface area contributed by atoms with E-state index in [0.717, 1.165) is 0 Å². The van der Waals surface area contributed by atoms with Gasteiger partial charge in [-0.05, 0) is 19.9 Å². The molecule has 94 valence electrons. The summed E-state index contributed by atoms with van der Waals surface area (Å²) in [6, 6.07) is 0.333. The smallest absolute Gasteiger partial charge is 0.322 e. The van der Waals surface area contributed by atoms with E-state index in [0.29, 0.717) is 12.6 Å². The Kier molecular flexibility index (Phi) is 5.22. The number of carbonyl (C=O) groups is 1. The molecule has 1 fully saturated rings. The molecule has 0 radical (unpaired) electrons. The van der Waals surface area contributed by atoms with Gasteiger partial charge in [-0.2, -0.15) is 0 Å². The average Bonchev–Trinajstić information content (AvgIpc) is 2.68. The number of carboxylic acid groups (broad SMARTS) is 1. The Labute approximate surface area is 98.0 Å². The van der Waals surface area contributed by atoms with Crippen LogP contribution in [0.4, 0.5) is 0 Å². The van der Waals surface area contributed by atoms with Crippen LogP contribution in [-0.2, 0) is 4.79 Å². The summed E-state index contributed by atoms with van der Waals surface area (Å²) in [5.74, 6) is -0.751. The first-order chi connectivity index (χ1) is 7.50. The summed E-state index contributed by atoms with van der Waals surface area (Å²) in [4.78, 5) is 13.3. The van der Waals surface area contributed by atoms with Gasteiger partial charge in [0, 0.05) is 18.6 Å². The molecule has 0 aromatic heterocycles. The minimum Gasteiger partial charge on any atom is -0.480 e. The number of nitrogens with zero attached hydrogens (tertiary/aromatic N) is 1. The fourth-order valence-electron chi connectivity index (χ4n) is 2.39. The Morgan fingerprint density at radius 3 is 2.44 bits per heavy atom. The maximum Gasteiger partial charge on any atom is 0.322 e. The number of nitrogens with one attached hydrogen (secondary N) is 1. The molecule has 1 atom stereocenters. The van der Waals surface area contributed by atoms with Gasteiger partial charge in [0.25, 0.3) is 0 Å². The van der Waals surface area contributed by atoms with Crippen molar-refractivity contribution in [1.29, 1.82) is 0 Å². The molecule has 1 aliphatic rings. The summed E-state index contributed by atoms with van der Waals surface area (Å²) in [7, 11) is 2.04. The van der Waals surface area contributed by atoms with Gasteiger partial charge in [-0.15, -0.1) is 0 Å². The molecule has 0 aromatic carbocycles. The van der Waals surface area contributed by atoms with E-state index in [1.54, 1.807) is 0 Å². The summed E-state index contributed by atoms with van der Waals surface area (Å²) in [6.45, 7) is 4.55. The Morgan fingerprint density at radius 1 is 1.44 bits per heavy atom. The molecule has 0 amide bonds. The van der Waals surface area contributed by atoms with Crippen molar-refractivity contribution in [2.45, 2.75) is 57.7 Å².